The number of nitrogens with one attached hydrogen (secondary N) is 1. The standard InChI is InChI=1S/C28H28N4O4/c1-35-18-17-31(28(34)21-36-24-15-9-4-10-16-24)20-27(33)29-26-19-25(22-11-5-2-6-12-22)30-32(26)23-13-7-3-8-14-23/h2-16,19H,17-18,20-21H2,1H3,(H,29,33). The fourth-order valence-corrected chi connectivity index (χ4v) is 3.59. The lowest BCUT2D eigenvalue weighted by Gasteiger charge is -2.22. The maximum atomic E-state index is 13.1. The molecule has 184 valence electrons. The number of hydrogen-bond acceptors (Lipinski definition) is 5. The van der Waals surface area contributed by atoms with E-state index in [4.69, 9.17) is 14.6 Å². The summed E-state index contributed by atoms with van der Waals surface area (Å²) in [5.41, 5.74) is 2.45. The van der Waals surface area contributed by atoms with Gasteiger partial charge in [0.15, 0.2) is 6.61 Å². The third kappa shape index (κ3) is 6.58. The van der Waals surface area contributed by atoms with Gasteiger partial charge in [0.05, 0.1) is 18.0 Å². The molecule has 1 heterocycles. The molecule has 0 saturated heterocycles. The Balaban J connectivity index is 1.50. The highest BCUT2D eigenvalue weighted by Gasteiger charge is 2.20. The maximum Gasteiger partial charge on any atom is 0.261 e. The Morgan fingerprint density at radius 1 is 0.917 bits per heavy atom. The van der Waals surface area contributed by atoms with Gasteiger partial charge in [-0.15, -0.1) is 0 Å². The molecule has 0 aliphatic carbocycles. The Bertz CT molecular complexity index is 1260. The van der Waals surface area contributed by atoms with Crippen LogP contribution in [-0.2, 0) is 14.3 Å². The van der Waals surface area contributed by atoms with Crippen molar-refractivity contribution in [3.05, 3.63) is 97.1 Å². The molecule has 1 N–H and O–H groups in total. The molecule has 3 aromatic carbocycles. The van der Waals surface area contributed by atoms with Gasteiger partial charge in [0, 0.05) is 25.3 Å². The van der Waals surface area contributed by atoms with Crippen molar-refractivity contribution in [1.29, 1.82) is 0 Å². The van der Waals surface area contributed by atoms with Crippen LogP contribution in [-0.4, -0.2) is 59.9 Å². The second-order valence-corrected chi connectivity index (χ2v) is 7.99. The van der Waals surface area contributed by atoms with Crippen molar-refractivity contribution >= 4 is 17.6 Å². The first-order valence-corrected chi connectivity index (χ1v) is 11.6. The largest absolute Gasteiger partial charge is 0.484 e. The molecule has 0 atom stereocenters. The summed E-state index contributed by atoms with van der Waals surface area (Å²) in [5, 5.41) is 7.63. The molecule has 36 heavy (non-hydrogen) atoms. The number of rotatable bonds is 11. The van der Waals surface area contributed by atoms with Gasteiger partial charge in [0.1, 0.15) is 18.1 Å². The van der Waals surface area contributed by atoms with Crippen LogP contribution in [0.25, 0.3) is 16.9 Å². The lowest BCUT2D eigenvalue weighted by molar-refractivity contribution is -0.137. The lowest BCUT2D eigenvalue weighted by Crippen LogP contribution is -2.42. The van der Waals surface area contributed by atoms with Gasteiger partial charge < -0.3 is 19.7 Å². The minimum atomic E-state index is -0.351. The summed E-state index contributed by atoms with van der Waals surface area (Å²) in [6, 6.07) is 30.2. The van der Waals surface area contributed by atoms with Crippen LogP contribution in [0.4, 0.5) is 5.82 Å². The molecule has 1 aromatic heterocycles. The van der Waals surface area contributed by atoms with Crippen molar-refractivity contribution < 1.29 is 19.1 Å². The normalized spacial score (nSPS) is 10.6. The second-order valence-electron chi connectivity index (χ2n) is 7.99. The van der Waals surface area contributed by atoms with Crippen LogP contribution >= 0.6 is 0 Å². The van der Waals surface area contributed by atoms with Crippen LogP contribution < -0.4 is 10.1 Å². The molecule has 0 aliphatic rings. The van der Waals surface area contributed by atoms with Crippen molar-refractivity contribution in [2.45, 2.75) is 0 Å². The fourth-order valence-electron chi connectivity index (χ4n) is 3.59. The zero-order valence-electron chi connectivity index (χ0n) is 20.0. The Kier molecular flexibility index (Phi) is 8.45. The zero-order valence-corrected chi connectivity index (χ0v) is 20.0. The highest BCUT2D eigenvalue weighted by molar-refractivity contribution is 5.94. The molecule has 4 rings (SSSR count). The average molecular weight is 485 g/mol. The highest BCUT2D eigenvalue weighted by atomic mass is 16.5. The molecule has 4 aromatic rings. The summed E-state index contributed by atoms with van der Waals surface area (Å²) in [4.78, 5) is 27.3. The number of aromatic nitrogens is 2. The SMILES string of the molecule is COCCN(CC(=O)Nc1cc(-c2ccccc2)nn1-c1ccccc1)C(=O)COc1ccccc1. The summed E-state index contributed by atoms with van der Waals surface area (Å²) in [6.07, 6.45) is 0. The summed E-state index contributed by atoms with van der Waals surface area (Å²) < 4.78 is 12.4. The summed E-state index contributed by atoms with van der Waals surface area (Å²) in [6.45, 7) is 0.223. The number of nitrogens with zero attached hydrogens (tertiary/aromatic N) is 3. The van der Waals surface area contributed by atoms with E-state index in [9.17, 15) is 9.59 Å². The Labute approximate surface area is 210 Å². The molecular formula is C28H28N4O4. The molecule has 0 fully saturated rings. The average Bonchev–Trinajstić information content (AvgIpc) is 3.34. The first-order valence-electron chi connectivity index (χ1n) is 11.6. The minimum absolute atomic E-state index is 0.152. The number of methoxy groups -OCH3 is 1. The van der Waals surface area contributed by atoms with Gasteiger partial charge in [-0.1, -0.05) is 66.7 Å². The molecule has 0 spiro atoms. The topological polar surface area (TPSA) is 85.7 Å². The molecular weight excluding hydrogens is 456 g/mol. The Hall–Kier alpha value is -4.43. The first-order chi connectivity index (χ1) is 17.6. The first kappa shape index (κ1) is 24.7. The van der Waals surface area contributed by atoms with Crippen molar-refractivity contribution in [2.24, 2.45) is 0 Å². The summed E-state index contributed by atoms with van der Waals surface area (Å²) in [7, 11) is 1.55. The van der Waals surface area contributed by atoms with Crippen LogP contribution in [0.1, 0.15) is 0 Å². The van der Waals surface area contributed by atoms with E-state index in [1.165, 1.54) is 4.90 Å². The molecule has 8 heteroatoms. The van der Waals surface area contributed by atoms with Gasteiger partial charge >= 0.3 is 0 Å². The van der Waals surface area contributed by atoms with Crippen molar-refractivity contribution in [3.63, 3.8) is 0 Å². The number of carbonyl (C=O) groups excluding carboxylic acids is 2. The van der Waals surface area contributed by atoms with Crippen LogP contribution in [0.15, 0.2) is 97.1 Å². The van der Waals surface area contributed by atoms with Gasteiger partial charge in [-0.25, -0.2) is 4.68 Å². The Morgan fingerprint density at radius 3 is 2.22 bits per heavy atom. The molecule has 2 amide bonds. The van der Waals surface area contributed by atoms with E-state index < -0.39 is 0 Å². The highest BCUT2D eigenvalue weighted by Crippen LogP contribution is 2.24. The van der Waals surface area contributed by atoms with Crippen LogP contribution in [0.2, 0.25) is 0 Å². The van der Waals surface area contributed by atoms with Crippen LogP contribution in [0.3, 0.4) is 0 Å². The van der Waals surface area contributed by atoms with E-state index in [1.807, 2.05) is 84.9 Å². The third-order valence-electron chi connectivity index (χ3n) is 5.41. The van der Waals surface area contributed by atoms with Gasteiger partial charge in [0.25, 0.3) is 5.91 Å². The quantitative estimate of drug-likeness (QED) is 0.347. The van der Waals surface area contributed by atoms with Gasteiger partial charge in [0.2, 0.25) is 5.91 Å². The molecule has 0 unspecified atom stereocenters. The van der Waals surface area contributed by atoms with Gasteiger partial charge in [-0.05, 0) is 24.3 Å². The van der Waals surface area contributed by atoms with Gasteiger partial charge in [-0.3, -0.25) is 9.59 Å². The van der Waals surface area contributed by atoms with Crippen molar-refractivity contribution in [3.8, 4) is 22.7 Å². The fraction of sp³-hybridized carbons (Fsp3) is 0.179. The number of benzene rings is 3. The van der Waals surface area contributed by atoms with Crippen molar-refractivity contribution in [2.75, 3.05) is 38.7 Å². The number of para-hydroxylation sites is 2. The molecule has 0 saturated carbocycles. The van der Waals surface area contributed by atoms with Crippen LogP contribution in [0.5, 0.6) is 5.75 Å². The molecule has 0 bridgehead atoms. The summed E-state index contributed by atoms with van der Waals surface area (Å²) >= 11 is 0. The Morgan fingerprint density at radius 2 is 1.56 bits per heavy atom. The zero-order chi connectivity index (χ0) is 25.2. The predicted molar refractivity (Wildman–Crippen MR) is 138 cm³/mol. The number of amides is 2. The molecule has 8 nitrogen and oxygen atoms in total. The van der Waals surface area contributed by atoms with Gasteiger partial charge in [-0.2, -0.15) is 5.10 Å². The third-order valence-corrected chi connectivity index (χ3v) is 5.41. The minimum Gasteiger partial charge on any atom is -0.484 e. The van der Waals surface area contributed by atoms with E-state index in [-0.39, 0.29) is 31.5 Å². The van der Waals surface area contributed by atoms with E-state index in [0.717, 1.165) is 16.9 Å². The smallest absolute Gasteiger partial charge is 0.261 e. The monoisotopic (exact) mass is 484 g/mol. The van der Waals surface area contributed by atoms with E-state index in [0.29, 0.717) is 18.2 Å². The lowest BCUT2D eigenvalue weighted by atomic mass is 10.1. The predicted octanol–water partition coefficient (Wildman–Crippen LogP) is 4.03. The number of anilines is 1. The molecule has 0 aliphatic heterocycles. The molecule has 0 radical (unpaired) electrons. The number of ether oxygens (including phenoxy) is 2. The van der Waals surface area contributed by atoms with Crippen molar-refractivity contribution in [1.82, 2.24) is 14.7 Å². The van der Waals surface area contributed by atoms with E-state index >= 15 is 0 Å². The number of hydrogen-bond donors (Lipinski definition) is 1. The maximum absolute atomic E-state index is 13.1. The van der Waals surface area contributed by atoms with Crippen LogP contribution in [0, 0.1) is 0 Å². The second kappa shape index (κ2) is 12.3. The summed E-state index contributed by atoms with van der Waals surface area (Å²) in [5.74, 6) is 0.426. The number of carbonyl (C=O) groups is 2. The van der Waals surface area contributed by atoms with E-state index in [1.54, 1.807) is 23.9 Å². The van der Waals surface area contributed by atoms with E-state index in [2.05, 4.69) is 5.32 Å².